The Hall–Kier alpha value is -0.570. The SMILES string of the molecule is CC(C)C1(CNC(=O)C2C3CCC(C3)C2N)CC1. The minimum Gasteiger partial charge on any atom is -0.355 e. The highest BCUT2D eigenvalue weighted by Gasteiger charge is 2.50. The van der Waals surface area contributed by atoms with Gasteiger partial charge in [-0.05, 0) is 55.3 Å². The molecule has 0 spiro atoms. The van der Waals surface area contributed by atoms with Crippen LogP contribution in [0.25, 0.3) is 0 Å². The second-order valence-electron chi connectivity index (χ2n) is 7.17. The average molecular weight is 250 g/mol. The molecular weight excluding hydrogens is 224 g/mol. The maximum absolute atomic E-state index is 12.4. The summed E-state index contributed by atoms with van der Waals surface area (Å²) in [5, 5.41) is 3.21. The molecule has 0 aromatic rings. The monoisotopic (exact) mass is 250 g/mol. The van der Waals surface area contributed by atoms with Crippen molar-refractivity contribution in [3.63, 3.8) is 0 Å². The molecule has 0 aromatic carbocycles. The molecule has 0 aromatic heterocycles. The summed E-state index contributed by atoms with van der Waals surface area (Å²) in [7, 11) is 0. The molecular formula is C15H26N2O. The van der Waals surface area contributed by atoms with E-state index >= 15 is 0 Å². The second kappa shape index (κ2) is 4.22. The first-order chi connectivity index (χ1) is 8.53. The molecule has 0 aliphatic heterocycles. The summed E-state index contributed by atoms with van der Waals surface area (Å²) < 4.78 is 0. The number of rotatable bonds is 4. The van der Waals surface area contributed by atoms with Gasteiger partial charge < -0.3 is 11.1 Å². The predicted octanol–water partition coefficient (Wildman–Crippen LogP) is 1.91. The summed E-state index contributed by atoms with van der Waals surface area (Å²) in [6.45, 7) is 5.40. The first-order valence-electron chi connectivity index (χ1n) is 7.57. The second-order valence-corrected chi connectivity index (χ2v) is 7.17. The van der Waals surface area contributed by atoms with Crippen molar-refractivity contribution < 1.29 is 4.79 Å². The quantitative estimate of drug-likeness (QED) is 0.801. The Morgan fingerprint density at radius 3 is 2.50 bits per heavy atom. The Morgan fingerprint density at radius 2 is 2.00 bits per heavy atom. The zero-order chi connectivity index (χ0) is 12.9. The third-order valence-corrected chi connectivity index (χ3v) is 6.02. The van der Waals surface area contributed by atoms with Crippen molar-refractivity contribution >= 4 is 5.91 Å². The molecule has 3 saturated carbocycles. The first-order valence-corrected chi connectivity index (χ1v) is 7.57. The van der Waals surface area contributed by atoms with E-state index < -0.39 is 0 Å². The van der Waals surface area contributed by atoms with Crippen molar-refractivity contribution in [1.82, 2.24) is 5.32 Å². The molecule has 3 rings (SSSR count). The van der Waals surface area contributed by atoms with Crippen LogP contribution in [0.3, 0.4) is 0 Å². The lowest BCUT2D eigenvalue weighted by Gasteiger charge is -2.28. The van der Waals surface area contributed by atoms with Crippen molar-refractivity contribution in [3.8, 4) is 0 Å². The normalized spacial score (nSPS) is 40.2. The van der Waals surface area contributed by atoms with Gasteiger partial charge in [-0.1, -0.05) is 13.8 Å². The first kappa shape index (κ1) is 12.5. The minimum absolute atomic E-state index is 0.103. The van der Waals surface area contributed by atoms with Crippen LogP contribution in [0.2, 0.25) is 0 Å². The topological polar surface area (TPSA) is 55.1 Å². The highest BCUT2D eigenvalue weighted by Crippen LogP contribution is 2.52. The Labute approximate surface area is 110 Å². The molecule has 4 atom stereocenters. The van der Waals surface area contributed by atoms with Crippen LogP contribution >= 0.6 is 0 Å². The molecule has 0 heterocycles. The molecule has 0 radical (unpaired) electrons. The highest BCUT2D eigenvalue weighted by atomic mass is 16.2. The largest absolute Gasteiger partial charge is 0.355 e. The Balaban J connectivity index is 1.56. The molecule has 2 bridgehead atoms. The summed E-state index contributed by atoms with van der Waals surface area (Å²) in [6, 6.07) is 0.123. The Morgan fingerprint density at radius 1 is 1.33 bits per heavy atom. The number of fused-ring (bicyclic) bond motifs is 2. The number of hydrogen-bond acceptors (Lipinski definition) is 2. The van der Waals surface area contributed by atoms with Gasteiger partial charge in [0.15, 0.2) is 0 Å². The van der Waals surface area contributed by atoms with Crippen LogP contribution in [0.1, 0.15) is 46.0 Å². The fourth-order valence-corrected chi connectivity index (χ4v) is 4.22. The molecule has 0 saturated heterocycles. The lowest BCUT2D eigenvalue weighted by molar-refractivity contribution is -0.127. The third-order valence-electron chi connectivity index (χ3n) is 6.02. The summed E-state index contributed by atoms with van der Waals surface area (Å²) in [4.78, 5) is 12.4. The van der Waals surface area contributed by atoms with Gasteiger partial charge in [-0.25, -0.2) is 0 Å². The number of carbonyl (C=O) groups is 1. The molecule has 3 fully saturated rings. The van der Waals surface area contributed by atoms with Gasteiger partial charge in [0.1, 0.15) is 0 Å². The highest BCUT2D eigenvalue weighted by molar-refractivity contribution is 5.80. The number of hydrogen-bond donors (Lipinski definition) is 2. The van der Waals surface area contributed by atoms with Crippen LogP contribution in [0.4, 0.5) is 0 Å². The molecule has 3 nitrogen and oxygen atoms in total. The lowest BCUT2D eigenvalue weighted by Crippen LogP contribution is -2.46. The molecule has 102 valence electrons. The van der Waals surface area contributed by atoms with Crippen molar-refractivity contribution in [2.24, 2.45) is 34.8 Å². The van der Waals surface area contributed by atoms with Crippen LogP contribution in [-0.2, 0) is 4.79 Å². The van der Waals surface area contributed by atoms with E-state index in [2.05, 4.69) is 19.2 Å². The number of amides is 1. The minimum atomic E-state index is 0.103. The summed E-state index contributed by atoms with van der Waals surface area (Å²) in [5.41, 5.74) is 6.62. The average Bonchev–Trinajstić information content (AvgIpc) is 2.89. The van der Waals surface area contributed by atoms with Gasteiger partial charge >= 0.3 is 0 Å². The van der Waals surface area contributed by atoms with E-state index in [-0.39, 0.29) is 17.9 Å². The smallest absolute Gasteiger partial charge is 0.224 e. The molecule has 1 amide bonds. The van der Waals surface area contributed by atoms with Crippen LogP contribution < -0.4 is 11.1 Å². The van der Waals surface area contributed by atoms with E-state index in [0.29, 0.717) is 23.2 Å². The number of nitrogens with two attached hydrogens (primary N) is 1. The van der Waals surface area contributed by atoms with Gasteiger partial charge in [0, 0.05) is 12.6 Å². The molecule has 3 aliphatic rings. The third kappa shape index (κ3) is 1.87. The molecule has 18 heavy (non-hydrogen) atoms. The van der Waals surface area contributed by atoms with E-state index in [9.17, 15) is 4.79 Å². The van der Waals surface area contributed by atoms with Gasteiger partial charge in [0.05, 0.1) is 5.92 Å². The zero-order valence-electron chi connectivity index (χ0n) is 11.6. The van der Waals surface area contributed by atoms with E-state index in [1.807, 2.05) is 0 Å². The van der Waals surface area contributed by atoms with E-state index in [4.69, 9.17) is 5.73 Å². The van der Waals surface area contributed by atoms with Gasteiger partial charge in [0.2, 0.25) is 5.91 Å². The maximum Gasteiger partial charge on any atom is 0.224 e. The summed E-state index contributed by atoms with van der Waals surface area (Å²) >= 11 is 0. The van der Waals surface area contributed by atoms with Gasteiger partial charge in [-0.3, -0.25) is 4.79 Å². The van der Waals surface area contributed by atoms with Gasteiger partial charge in [-0.2, -0.15) is 0 Å². The fourth-order valence-electron chi connectivity index (χ4n) is 4.22. The van der Waals surface area contributed by atoms with Gasteiger partial charge in [-0.15, -0.1) is 0 Å². The van der Waals surface area contributed by atoms with Gasteiger partial charge in [0.25, 0.3) is 0 Å². The predicted molar refractivity (Wildman–Crippen MR) is 71.8 cm³/mol. The van der Waals surface area contributed by atoms with E-state index in [1.54, 1.807) is 0 Å². The summed E-state index contributed by atoms with van der Waals surface area (Å²) in [5.74, 6) is 2.20. The molecule has 4 unspecified atom stereocenters. The lowest BCUT2D eigenvalue weighted by atomic mass is 9.84. The van der Waals surface area contributed by atoms with Crippen LogP contribution in [0.15, 0.2) is 0 Å². The van der Waals surface area contributed by atoms with Crippen LogP contribution in [0, 0.1) is 29.1 Å². The van der Waals surface area contributed by atoms with Crippen LogP contribution in [-0.4, -0.2) is 18.5 Å². The summed E-state index contributed by atoms with van der Waals surface area (Å²) in [6.07, 6.45) is 6.19. The van der Waals surface area contributed by atoms with E-state index in [0.717, 1.165) is 6.54 Å². The zero-order valence-corrected chi connectivity index (χ0v) is 11.6. The maximum atomic E-state index is 12.4. The molecule has 3 aliphatic carbocycles. The van der Waals surface area contributed by atoms with Crippen molar-refractivity contribution in [2.75, 3.05) is 6.54 Å². The molecule has 3 heteroatoms. The number of nitrogens with one attached hydrogen (secondary N) is 1. The van der Waals surface area contributed by atoms with Crippen LogP contribution in [0.5, 0.6) is 0 Å². The van der Waals surface area contributed by atoms with E-state index in [1.165, 1.54) is 32.1 Å². The number of carbonyl (C=O) groups excluding carboxylic acids is 1. The Bertz CT molecular complexity index is 346. The van der Waals surface area contributed by atoms with Crippen molar-refractivity contribution in [1.29, 1.82) is 0 Å². The molecule has 3 N–H and O–H groups in total. The Kier molecular flexibility index (Phi) is 2.92. The van der Waals surface area contributed by atoms with Crippen molar-refractivity contribution in [2.45, 2.75) is 52.0 Å². The standard InChI is InChI=1S/C15H26N2O/c1-9(2)15(5-6-15)8-17-14(18)12-10-3-4-11(7-10)13(12)16/h9-13H,3-8,16H2,1-2H3,(H,17,18). The van der Waals surface area contributed by atoms with Crippen molar-refractivity contribution in [3.05, 3.63) is 0 Å². The fraction of sp³-hybridized carbons (Fsp3) is 0.933.